The van der Waals surface area contributed by atoms with E-state index in [2.05, 4.69) is 15.2 Å². The molecule has 1 heterocycles. The molecule has 16 heavy (non-hydrogen) atoms. The first-order chi connectivity index (χ1) is 7.69. The summed E-state index contributed by atoms with van der Waals surface area (Å²) in [6.45, 7) is 1.95. The van der Waals surface area contributed by atoms with Crippen LogP contribution in [0.3, 0.4) is 0 Å². The Bertz CT molecular complexity index is 494. The fourth-order valence-corrected chi connectivity index (χ4v) is 1.41. The van der Waals surface area contributed by atoms with Gasteiger partial charge in [-0.05, 0) is 17.7 Å². The maximum absolute atomic E-state index is 12.9. The van der Waals surface area contributed by atoms with Gasteiger partial charge in [0.25, 0.3) is 0 Å². The number of nitrogens with one attached hydrogen (secondary N) is 1. The van der Waals surface area contributed by atoms with Crippen molar-refractivity contribution in [2.45, 2.75) is 19.8 Å². The van der Waals surface area contributed by atoms with E-state index in [1.54, 1.807) is 0 Å². The van der Waals surface area contributed by atoms with Gasteiger partial charge in [0.05, 0.1) is 0 Å². The molecule has 0 aliphatic heterocycles. The number of hydrogen-bond donors (Lipinski definition) is 1. The van der Waals surface area contributed by atoms with Gasteiger partial charge in [-0.25, -0.2) is 13.8 Å². The largest absolute Gasteiger partial charge is 0.263 e. The highest BCUT2D eigenvalue weighted by Gasteiger charge is 2.06. The van der Waals surface area contributed by atoms with Gasteiger partial charge in [-0.15, -0.1) is 0 Å². The molecule has 0 bridgehead atoms. The van der Waals surface area contributed by atoms with Crippen molar-refractivity contribution in [2.75, 3.05) is 0 Å². The van der Waals surface area contributed by atoms with Gasteiger partial charge in [0, 0.05) is 12.8 Å². The summed E-state index contributed by atoms with van der Waals surface area (Å²) in [5.41, 5.74) is 0.665. The lowest BCUT2D eigenvalue weighted by Gasteiger charge is -1.98. The molecule has 0 saturated carbocycles. The number of H-pyrrole nitrogens is 1. The van der Waals surface area contributed by atoms with Gasteiger partial charge in [0.15, 0.2) is 11.6 Å². The third kappa shape index (κ3) is 2.24. The van der Waals surface area contributed by atoms with Crippen LogP contribution in [0.1, 0.15) is 24.1 Å². The summed E-state index contributed by atoms with van der Waals surface area (Å²) >= 11 is 0. The first-order valence-corrected chi connectivity index (χ1v) is 5.03. The molecule has 2 rings (SSSR count). The Labute approximate surface area is 91.5 Å². The van der Waals surface area contributed by atoms with E-state index in [4.69, 9.17) is 0 Å². The second-order valence-corrected chi connectivity index (χ2v) is 3.48. The van der Waals surface area contributed by atoms with E-state index in [-0.39, 0.29) is 0 Å². The molecule has 2 aromatic rings. The molecule has 0 spiro atoms. The highest BCUT2D eigenvalue weighted by molar-refractivity contribution is 5.21. The Morgan fingerprint density at radius 3 is 2.69 bits per heavy atom. The van der Waals surface area contributed by atoms with Gasteiger partial charge in [-0.3, -0.25) is 5.10 Å². The molecule has 0 fully saturated rings. The highest BCUT2D eigenvalue weighted by atomic mass is 19.2. The van der Waals surface area contributed by atoms with Crippen LogP contribution in [0.15, 0.2) is 18.2 Å². The first-order valence-electron chi connectivity index (χ1n) is 5.03. The molecule has 1 aromatic heterocycles. The Morgan fingerprint density at radius 2 is 2.06 bits per heavy atom. The fourth-order valence-electron chi connectivity index (χ4n) is 1.41. The van der Waals surface area contributed by atoms with Gasteiger partial charge in [0.1, 0.15) is 11.6 Å². The molecule has 1 aromatic carbocycles. The van der Waals surface area contributed by atoms with Crippen LogP contribution in [0.25, 0.3) is 0 Å². The van der Waals surface area contributed by atoms with Crippen LogP contribution in [0.4, 0.5) is 8.78 Å². The van der Waals surface area contributed by atoms with Crippen LogP contribution in [0.5, 0.6) is 0 Å². The average Bonchev–Trinajstić information content (AvgIpc) is 2.71. The third-order valence-electron chi connectivity index (χ3n) is 2.25. The Balaban J connectivity index is 2.17. The number of benzene rings is 1. The van der Waals surface area contributed by atoms with E-state index in [0.717, 1.165) is 18.3 Å². The Kier molecular flexibility index (Phi) is 2.94. The summed E-state index contributed by atoms with van der Waals surface area (Å²) in [5, 5.41) is 6.73. The van der Waals surface area contributed by atoms with Crippen molar-refractivity contribution < 1.29 is 8.78 Å². The summed E-state index contributed by atoms with van der Waals surface area (Å²) < 4.78 is 25.6. The summed E-state index contributed by atoms with van der Waals surface area (Å²) in [5.74, 6) is -0.302. The minimum atomic E-state index is -0.840. The summed E-state index contributed by atoms with van der Waals surface area (Å²) in [4.78, 5) is 4.19. The van der Waals surface area contributed by atoms with E-state index in [0.29, 0.717) is 17.8 Å². The lowest BCUT2D eigenvalue weighted by molar-refractivity contribution is 0.507. The summed E-state index contributed by atoms with van der Waals surface area (Å²) in [6.07, 6.45) is 1.17. The van der Waals surface area contributed by atoms with Crippen molar-refractivity contribution in [1.29, 1.82) is 0 Å². The molecule has 3 nitrogen and oxygen atoms in total. The van der Waals surface area contributed by atoms with Gasteiger partial charge >= 0.3 is 0 Å². The number of aromatic nitrogens is 3. The summed E-state index contributed by atoms with van der Waals surface area (Å²) in [7, 11) is 0. The molecular weight excluding hydrogens is 212 g/mol. The van der Waals surface area contributed by atoms with Crippen molar-refractivity contribution in [3.05, 3.63) is 47.0 Å². The number of halogens is 2. The smallest absolute Gasteiger partial charge is 0.159 e. The molecule has 0 aliphatic carbocycles. The van der Waals surface area contributed by atoms with Crippen LogP contribution >= 0.6 is 0 Å². The zero-order valence-corrected chi connectivity index (χ0v) is 8.80. The van der Waals surface area contributed by atoms with Crippen LogP contribution in [-0.4, -0.2) is 15.2 Å². The second kappa shape index (κ2) is 4.38. The number of aryl methyl sites for hydroxylation is 1. The van der Waals surface area contributed by atoms with Crippen molar-refractivity contribution in [3.63, 3.8) is 0 Å². The zero-order chi connectivity index (χ0) is 11.5. The van der Waals surface area contributed by atoms with Gasteiger partial charge < -0.3 is 0 Å². The molecule has 5 heteroatoms. The minimum Gasteiger partial charge on any atom is -0.263 e. The van der Waals surface area contributed by atoms with E-state index in [9.17, 15) is 8.78 Å². The Morgan fingerprint density at radius 1 is 1.25 bits per heavy atom. The number of hydrogen-bond acceptors (Lipinski definition) is 2. The van der Waals surface area contributed by atoms with Gasteiger partial charge in [0.2, 0.25) is 0 Å². The molecule has 0 unspecified atom stereocenters. The fraction of sp³-hybridized carbons (Fsp3) is 0.273. The van der Waals surface area contributed by atoms with Crippen LogP contribution < -0.4 is 0 Å². The predicted octanol–water partition coefficient (Wildman–Crippen LogP) is 2.24. The van der Waals surface area contributed by atoms with E-state index in [1.165, 1.54) is 12.1 Å². The molecule has 1 N–H and O–H groups in total. The zero-order valence-electron chi connectivity index (χ0n) is 8.80. The molecule has 0 amide bonds. The molecule has 84 valence electrons. The molecular formula is C11H11F2N3. The predicted molar refractivity (Wildman–Crippen MR) is 54.9 cm³/mol. The SMILES string of the molecule is CCc1n[nH]c(Cc2ccc(F)c(F)c2)n1. The normalized spacial score (nSPS) is 10.7. The van der Waals surface area contributed by atoms with E-state index in [1.807, 2.05) is 6.92 Å². The van der Waals surface area contributed by atoms with Crippen molar-refractivity contribution >= 4 is 0 Å². The lowest BCUT2D eigenvalue weighted by Crippen LogP contribution is -1.93. The van der Waals surface area contributed by atoms with Gasteiger partial charge in [-0.2, -0.15) is 5.10 Å². The third-order valence-corrected chi connectivity index (χ3v) is 2.25. The molecule has 0 aliphatic rings. The quantitative estimate of drug-likeness (QED) is 0.866. The van der Waals surface area contributed by atoms with Crippen molar-refractivity contribution in [1.82, 2.24) is 15.2 Å². The lowest BCUT2D eigenvalue weighted by atomic mass is 10.1. The van der Waals surface area contributed by atoms with E-state index < -0.39 is 11.6 Å². The van der Waals surface area contributed by atoms with Crippen LogP contribution in [0.2, 0.25) is 0 Å². The molecule has 0 saturated heterocycles. The number of rotatable bonds is 3. The van der Waals surface area contributed by atoms with Crippen LogP contribution in [-0.2, 0) is 12.8 Å². The molecule has 0 atom stereocenters. The topological polar surface area (TPSA) is 41.6 Å². The number of nitrogens with zero attached hydrogens (tertiary/aromatic N) is 2. The summed E-state index contributed by atoms with van der Waals surface area (Å²) in [6, 6.07) is 3.82. The first kappa shape index (κ1) is 10.7. The maximum Gasteiger partial charge on any atom is 0.159 e. The number of aromatic amines is 1. The van der Waals surface area contributed by atoms with E-state index >= 15 is 0 Å². The van der Waals surface area contributed by atoms with Crippen molar-refractivity contribution in [2.24, 2.45) is 0 Å². The van der Waals surface area contributed by atoms with Crippen molar-refractivity contribution in [3.8, 4) is 0 Å². The minimum absolute atomic E-state index is 0.421. The van der Waals surface area contributed by atoms with Crippen LogP contribution in [0, 0.1) is 11.6 Å². The van der Waals surface area contributed by atoms with Gasteiger partial charge in [-0.1, -0.05) is 13.0 Å². The Hall–Kier alpha value is -1.78. The average molecular weight is 223 g/mol. The standard InChI is InChI=1S/C11H11F2N3/c1-2-10-14-11(16-15-10)6-7-3-4-8(12)9(13)5-7/h3-5H,2,6H2,1H3,(H,14,15,16). The highest BCUT2D eigenvalue weighted by Crippen LogP contribution is 2.11. The monoisotopic (exact) mass is 223 g/mol. The molecule has 0 radical (unpaired) electrons. The second-order valence-electron chi connectivity index (χ2n) is 3.48. The maximum atomic E-state index is 12.9.